The first-order valence-electron chi connectivity index (χ1n) is 4.37. The maximum absolute atomic E-state index is 11.3. The molecule has 0 aromatic carbocycles. The third-order valence-corrected chi connectivity index (χ3v) is 1.34. The number of hydrogen-bond donors (Lipinski definition) is 3. The summed E-state index contributed by atoms with van der Waals surface area (Å²) in [5.41, 5.74) is -0.828. The Morgan fingerprint density at radius 1 is 1.15 bits per heavy atom. The molecule has 0 aliphatic heterocycles. The molecule has 2 amide bonds. The Kier molecular flexibility index (Phi) is 3.72. The van der Waals surface area contributed by atoms with Crippen LogP contribution in [0, 0.1) is 0 Å². The van der Waals surface area contributed by atoms with E-state index in [2.05, 4.69) is 10.6 Å². The van der Waals surface area contributed by atoms with E-state index < -0.39 is 5.54 Å². The molecule has 78 valence electrons. The molecule has 0 aromatic rings. The van der Waals surface area contributed by atoms with Crippen molar-refractivity contribution in [1.29, 1.82) is 0 Å². The van der Waals surface area contributed by atoms with E-state index in [-0.39, 0.29) is 18.2 Å². The third kappa shape index (κ3) is 6.40. The molecule has 0 aromatic heterocycles. The number of nitrogens with one attached hydrogen (secondary N) is 2. The van der Waals surface area contributed by atoms with Crippen LogP contribution in [0.2, 0.25) is 0 Å². The van der Waals surface area contributed by atoms with Crippen molar-refractivity contribution < 1.29 is 9.90 Å². The molecule has 13 heavy (non-hydrogen) atoms. The molecule has 3 N–H and O–H groups in total. The lowest BCUT2D eigenvalue weighted by atomic mass is 10.1. The van der Waals surface area contributed by atoms with Crippen molar-refractivity contribution in [3.05, 3.63) is 0 Å². The predicted molar refractivity (Wildman–Crippen MR) is 52.6 cm³/mol. The minimum atomic E-state index is -0.574. The first-order valence-corrected chi connectivity index (χ1v) is 4.37. The van der Waals surface area contributed by atoms with Gasteiger partial charge >= 0.3 is 6.03 Å². The van der Waals surface area contributed by atoms with Crippen LogP contribution in [0.25, 0.3) is 0 Å². The molecule has 0 heterocycles. The molecule has 0 fully saturated rings. The topological polar surface area (TPSA) is 61.4 Å². The second-order valence-corrected chi connectivity index (χ2v) is 4.87. The average Bonchev–Trinajstić information content (AvgIpc) is 1.81. The van der Waals surface area contributed by atoms with Crippen LogP contribution in [0.4, 0.5) is 4.79 Å². The van der Waals surface area contributed by atoms with E-state index in [1.807, 2.05) is 20.8 Å². The third-order valence-electron chi connectivity index (χ3n) is 1.34. The maximum Gasteiger partial charge on any atom is 0.315 e. The summed E-state index contributed by atoms with van der Waals surface area (Å²) in [6.45, 7) is 9.14. The molecule has 0 spiro atoms. The van der Waals surface area contributed by atoms with Crippen LogP contribution in [0.5, 0.6) is 0 Å². The molecule has 0 saturated carbocycles. The molecule has 0 aliphatic rings. The van der Waals surface area contributed by atoms with Gasteiger partial charge in [-0.15, -0.1) is 0 Å². The van der Waals surface area contributed by atoms with Crippen molar-refractivity contribution in [3.8, 4) is 0 Å². The van der Waals surface area contributed by atoms with Crippen molar-refractivity contribution in [3.63, 3.8) is 0 Å². The zero-order valence-corrected chi connectivity index (χ0v) is 9.06. The molecular formula is C9H20N2O2. The van der Waals surface area contributed by atoms with Crippen LogP contribution in [-0.4, -0.2) is 28.8 Å². The fraction of sp³-hybridized carbons (Fsp3) is 0.889. The zero-order valence-electron chi connectivity index (χ0n) is 9.06. The SMILES string of the molecule is CC(C)(C)NC(=O)NC(C)(C)CO. The number of carbonyl (C=O) groups excluding carboxylic acids is 1. The number of amides is 2. The molecule has 4 nitrogen and oxygen atoms in total. The normalized spacial score (nSPS) is 12.5. The Morgan fingerprint density at radius 2 is 1.62 bits per heavy atom. The lowest BCUT2D eigenvalue weighted by Gasteiger charge is -2.27. The maximum atomic E-state index is 11.3. The van der Waals surface area contributed by atoms with E-state index in [0.29, 0.717) is 0 Å². The molecule has 0 unspecified atom stereocenters. The van der Waals surface area contributed by atoms with Crippen molar-refractivity contribution in [2.45, 2.75) is 45.7 Å². The van der Waals surface area contributed by atoms with Crippen LogP contribution in [0.1, 0.15) is 34.6 Å². The Labute approximate surface area is 79.7 Å². The van der Waals surface area contributed by atoms with E-state index in [1.165, 1.54) is 0 Å². The lowest BCUT2D eigenvalue weighted by Crippen LogP contribution is -2.54. The van der Waals surface area contributed by atoms with E-state index in [4.69, 9.17) is 5.11 Å². The highest BCUT2D eigenvalue weighted by molar-refractivity contribution is 5.75. The Bertz CT molecular complexity index is 183. The van der Waals surface area contributed by atoms with Gasteiger partial charge < -0.3 is 15.7 Å². The summed E-state index contributed by atoms with van der Waals surface area (Å²) in [4.78, 5) is 11.3. The van der Waals surface area contributed by atoms with Crippen molar-refractivity contribution >= 4 is 6.03 Å². The Hall–Kier alpha value is -0.770. The van der Waals surface area contributed by atoms with Gasteiger partial charge in [0.25, 0.3) is 0 Å². The van der Waals surface area contributed by atoms with Gasteiger partial charge in [-0.2, -0.15) is 0 Å². The number of aliphatic hydroxyl groups is 1. The van der Waals surface area contributed by atoms with Gasteiger partial charge in [-0.05, 0) is 34.6 Å². The molecule has 4 heteroatoms. The second-order valence-electron chi connectivity index (χ2n) is 4.87. The highest BCUT2D eigenvalue weighted by Gasteiger charge is 2.21. The van der Waals surface area contributed by atoms with Crippen molar-refractivity contribution in [1.82, 2.24) is 10.6 Å². The summed E-state index contributed by atoms with van der Waals surface area (Å²) >= 11 is 0. The molecule has 0 atom stereocenters. The molecular weight excluding hydrogens is 168 g/mol. The standard InChI is InChI=1S/C9H20N2O2/c1-8(2,3)10-7(13)11-9(4,5)6-12/h12H,6H2,1-5H3,(H2,10,11,13). The van der Waals surface area contributed by atoms with Crippen LogP contribution < -0.4 is 10.6 Å². The first-order chi connectivity index (χ1) is 5.66. The van der Waals surface area contributed by atoms with E-state index in [0.717, 1.165) is 0 Å². The molecule has 0 bridgehead atoms. The van der Waals surface area contributed by atoms with Crippen molar-refractivity contribution in [2.75, 3.05) is 6.61 Å². The fourth-order valence-electron chi connectivity index (χ4n) is 0.719. The molecule has 0 aliphatic carbocycles. The van der Waals surface area contributed by atoms with E-state index in [9.17, 15) is 4.79 Å². The summed E-state index contributed by atoms with van der Waals surface area (Å²) in [7, 11) is 0. The van der Waals surface area contributed by atoms with Crippen LogP contribution in [0.3, 0.4) is 0 Å². The minimum absolute atomic E-state index is 0.0788. The summed E-state index contributed by atoms with van der Waals surface area (Å²) in [5, 5.41) is 14.3. The van der Waals surface area contributed by atoms with E-state index >= 15 is 0 Å². The number of aliphatic hydroxyl groups excluding tert-OH is 1. The van der Waals surface area contributed by atoms with Gasteiger partial charge in [-0.25, -0.2) is 4.79 Å². The fourth-order valence-corrected chi connectivity index (χ4v) is 0.719. The summed E-state index contributed by atoms with van der Waals surface area (Å²) in [6.07, 6.45) is 0. The van der Waals surface area contributed by atoms with Gasteiger partial charge in [0.15, 0.2) is 0 Å². The van der Waals surface area contributed by atoms with Crippen LogP contribution in [-0.2, 0) is 0 Å². The van der Waals surface area contributed by atoms with Crippen LogP contribution in [0.15, 0.2) is 0 Å². The van der Waals surface area contributed by atoms with Gasteiger partial charge in [-0.1, -0.05) is 0 Å². The predicted octanol–water partition coefficient (Wildman–Crippen LogP) is 0.855. The van der Waals surface area contributed by atoms with Gasteiger partial charge in [0.05, 0.1) is 12.1 Å². The zero-order chi connectivity index (χ0) is 10.7. The average molecular weight is 188 g/mol. The summed E-state index contributed by atoms with van der Waals surface area (Å²) in [6, 6.07) is -0.258. The Morgan fingerprint density at radius 3 is 1.92 bits per heavy atom. The Balaban J connectivity index is 4.03. The van der Waals surface area contributed by atoms with Gasteiger partial charge in [0, 0.05) is 5.54 Å². The first kappa shape index (κ1) is 12.2. The summed E-state index contributed by atoms with van der Waals surface area (Å²) in [5.74, 6) is 0. The molecule has 0 radical (unpaired) electrons. The quantitative estimate of drug-likeness (QED) is 0.601. The monoisotopic (exact) mass is 188 g/mol. The molecule has 0 saturated heterocycles. The largest absolute Gasteiger partial charge is 0.394 e. The smallest absolute Gasteiger partial charge is 0.315 e. The van der Waals surface area contributed by atoms with Gasteiger partial charge in [0.2, 0.25) is 0 Å². The molecule has 0 rings (SSSR count). The minimum Gasteiger partial charge on any atom is -0.394 e. The number of carbonyl (C=O) groups is 1. The van der Waals surface area contributed by atoms with Crippen LogP contribution >= 0.6 is 0 Å². The highest BCUT2D eigenvalue weighted by Crippen LogP contribution is 2.02. The highest BCUT2D eigenvalue weighted by atomic mass is 16.3. The number of urea groups is 1. The number of rotatable bonds is 2. The van der Waals surface area contributed by atoms with Crippen molar-refractivity contribution in [2.24, 2.45) is 0 Å². The lowest BCUT2D eigenvalue weighted by molar-refractivity contribution is 0.178. The summed E-state index contributed by atoms with van der Waals surface area (Å²) < 4.78 is 0. The van der Waals surface area contributed by atoms with E-state index in [1.54, 1.807) is 13.8 Å². The van der Waals surface area contributed by atoms with Gasteiger partial charge in [-0.3, -0.25) is 0 Å². The second kappa shape index (κ2) is 3.96. The van der Waals surface area contributed by atoms with Gasteiger partial charge in [0.1, 0.15) is 0 Å². The number of hydrogen-bond acceptors (Lipinski definition) is 2.